The van der Waals surface area contributed by atoms with Gasteiger partial charge < -0.3 is 10.8 Å². The van der Waals surface area contributed by atoms with Gasteiger partial charge >= 0.3 is 0 Å². The number of rotatable bonds is 4. The second kappa shape index (κ2) is 5.46. The summed E-state index contributed by atoms with van der Waals surface area (Å²) in [5.41, 5.74) is 3.58. The highest BCUT2D eigenvalue weighted by Gasteiger charge is 2.39. The summed E-state index contributed by atoms with van der Waals surface area (Å²) in [5.74, 6) is 0. The molecule has 20 heavy (non-hydrogen) atoms. The molecule has 0 spiro atoms. The lowest BCUT2D eigenvalue weighted by Crippen LogP contribution is -2.57. The van der Waals surface area contributed by atoms with Gasteiger partial charge in [-0.3, -0.25) is 0 Å². The van der Waals surface area contributed by atoms with E-state index in [2.05, 4.69) is 20.7 Å². The summed E-state index contributed by atoms with van der Waals surface area (Å²) >= 11 is 8.99. The number of sulfonamides is 1. The first-order chi connectivity index (χ1) is 8.78. The van der Waals surface area contributed by atoms with Crippen molar-refractivity contribution in [1.29, 1.82) is 0 Å². The minimum absolute atomic E-state index is 0.0696. The third kappa shape index (κ3) is 3.65. The first-order valence-corrected chi connectivity index (χ1v) is 8.44. The predicted octanol–water partition coefficient (Wildman–Crippen LogP) is 2.51. The third-order valence-corrected chi connectivity index (χ3v) is 6.29. The lowest BCUT2D eigenvalue weighted by Gasteiger charge is -2.37. The van der Waals surface area contributed by atoms with Crippen molar-refractivity contribution in [2.45, 2.75) is 43.7 Å². The van der Waals surface area contributed by atoms with Crippen LogP contribution in [0.1, 0.15) is 27.7 Å². The molecule has 0 fully saturated rings. The highest BCUT2D eigenvalue weighted by atomic mass is 79.9. The van der Waals surface area contributed by atoms with Crippen molar-refractivity contribution in [3.05, 3.63) is 21.6 Å². The van der Waals surface area contributed by atoms with E-state index in [0.29, 0.717) is 0 Å². The molecule has 0 saturated heterocycles. The molecule has 0 amide bonds. The molecular formula is C12H18BrClN2O3S. The van der Waals surface area contributed by atoms with Gasteiger partial charge in [0.1, 0.15) is 0 Å². The van der Waals surface area contributed by atoms with E-state index in [0.717, 1.165) is 0 Å². The van der Waals surface area contributed by atoms with E-state index >= 15 is 0 Å². The molecule has 1 aromatic rings. The molecule has 0 saturated carbocycles. The average molecular weight is 386 g/mol. The zero-order chi connectivity index (χ0) is 15.9. The molecule has 8 heteroatoms. The number of halogens is 2. The summed E-state index contributed by atoms with van der Waals surface area (Å²) in [4.78, 5) is -0.0696. The van der Waals surface area contributed by atoms with Crippen LogP contribution < -0.4 is 10.5 Å². The highest BCUT2D eigenvalue weighted by Crippen LogP contribution is 2.33. The van der Waals surface area contributed by atoms with E-state index in [4.69, 9.17) is 17.3 Å². The van der Waals surface area contributed by atoms with E-state index < -0.39 is 21.2 Å². The molecule has 0 atom stereocenters. The number of anilines is 1. The minimum Gasteiger partial charge on any atom is -0.398 e. The van der Waals surface area contributed by atoms with Gasteiger partial charge in [-0.2, -0.15) is 0 Å². The maximum absolute atomic E-state index is 12.5. The molecular weight excluding hydrogens is 368 g/mol. The van der Waals surface area contributed by atoms with Crippen molar-refractivity contribution < 1.29 is 13.5 Å². The molecule has 0 aliphatic rings. The number of hydrogen-bond donors (Lipinski definition) is 3. The Balaban J connectivity index is 3.33. The van der Waals surface area contributed by atoms with Gasteiger partial charge in [-0.1, -0.05) is 11.6 Å². The first-order valence-electron chi connectivity index (χ1n) is 5.79. The zero-order valence-electron chi connectivity index (χ0n) is 11.7. The third-order valence-electron chi connectivity index (χ3n) is 3.24. The van der Waals surface area contributed by atoms with Crippen LogP contribution in [0.15, 0.2) is 21.5 Å². The number of benzene rings is 1. The van der Waals surface area contributed by atoms with Crippen molar-refractivity contribution in [3.63, 3.8) is 0 Å². The summed E-state index contributed by atoms with van der Waals surface area (Å²) in [6, 6.07) is 2.75. The first kappa shape index (κ1) is 17.7. The van der Waals surface area contributed by atoms with Crippen molar-refractivity contribution in [1.82, 2.24) is 4.72 Å². The van der Waals surface area contributed by atoms with Crippen LogP contribution in [-0.2, 0) is 10.0 Å². The van der Waals surface area contributed by atoms with Gasteiger partial charge in [0.2, 0.25) is 10.0 Å². The van der Waals surface area contributed by atoms with Crippen LogP contribution in [0.3, 0.4) is 0 Å². The van der Waals surface area contributed by atoms with Crippen molar-refractivity contribution in [2.75, 3.05) is 5.73 Å². The SMILES string of the molecule is CC(C)(O)C(C)(C)NS(=O)(=O)c1cc(Cl)cc(N)c1Br. The fourth-order valence-electron chi connectivity index (χ4n) is 1.30. The summed E-state index contributed by atoms with van der Waals surface area (Å²) in [5, 5.41) is 10.3. The minimum atomic E-state index is -3.90. The molecule has 0 radical (unpaired) electrons. The van der Waals surface area contributed by atoms with Crippen molar-refractivity contribution in [2.24, 2.45) is 0 Å². The quantitative estimate of drug-likeness (QED) is 0.694. The van der Waals surface area contributed by atoms with Gasteiger partial charge in [0.05, 0.1) is 20.5 Å². The normalized spacial score (nSPS) is 13.6. The van der Waals surface area contributed by atoms with E-state index in [1.807, 2.05) is 0 Å². The van der Waals surface area contributed by atoms with Crippen LogP contribution in [0, 0.1) is 0 Å². The summed E-state index contributed by atoms with van der Waals surface area (Å²) in [6.45, 7) is 6.23. The number of nitrogen functional groups attached to an aromatic ring is 1. The molecule has 0 unspecified atom stereocenters. The summed E-state index contributed by atoms with van der Waals surface area (Å²) in [7, 11) is -3.90. The molecule has 0 aromatic heterocycles. The Morgan fingerprint density at radius 1 is 1.30 bits per heavy atom. The Hall–Kier alpha value is -0.340. The molecule has 0 bridgehead atoms. The number of nitrogens with two attached hydrogens (primary N) is 1. The monoisotopic (exact) mass is 384 g/mol. The van der Waals surface area contributed by atoms with Crippen LogP contribution in [0.2, 0.25) is 5.02 Å². The zero-order valence-corrected chi connectivity index (χ0v) is 14.8. The van der Waals surface area contributed by atoms with Crippen molar-refractivity contribution in [3.8, 4) is 0 Å². The smallest absolute Gasteiger partial charge is 0.242 e. The lowest BCUT2D eigenvalue weighted by atomic mass is 9.87. The van der Waals surface area contributed by atoms with Gasteiger partial charge in [-0.05, 0) is 55.8 Å². The fourth-order valence-corrected chi connectivity index (χ4v) is 4.12. The Bertz CT molecular complexity index is 624. The Labute approximate surface area is 132 Å². The molecule has 1 rings (SSSR count). The number of hydrogen-bond acceptors (Lipinski definition) is 4. The Kier molecular flexibility index (Phi) is 4.83. The predicted molar refractivity (Wildman–Crippen MR) is 84.3 cm³/mol. The topological polar surface area (TPSA) is 92.4 Å². The van der Waals surface area contributed by atoms with Crippen LogP contribution in [0.25, 0.3) is 0 Å². The second-order valence-corrected chi connectivity index (χ2v) is 8.48. The fraction of sp³-hybridized carbons (Fsp3) is 0.500. The van der Waals surface area contributed by atoms with Gasteiger partial charge in [-0.15, -0.1) is 0 Å². The number of nitrogens with one attached hydrogen (secondary N) is 1. The van der Waals surface area contributed by atoms with Crippen LogP contribution in [0.4, 0.5) is 5.69 Å². The standard InChI is InChI=1S/C12H18BrClN2O3S/c1-11(2,12(3,4)17)16-20(18,19)9-6-7(14)5-8(15)10(9)13/h5-6,16-17H,15H2,1-4H3. The van der Waals surface area contributed by atoms with E-state index in [1.165, 1.54) is 26.0 Å². The summed E-state index contributed by atoms with van der Waals surface area (Å²) in [6.07, 6.45) is 0. The number of aliphatic hydroxyl groups is 1. The molecule has 0 aliphatic heterocycles. The maximum atomic E-state index is 12.5. The molecule has 4 N–H and O–H groups in total. The molecule has 0 aliphatic carbocycles. The highest BCUT2D eigenvalue weighted by molar-refractivity contribution is 9.10. The van der Waals surface area contributed by atoms with Gasteiger partial charge in [0, 0.05) is 10.7 Å². The van der Waals surface area contributed by atoms with Gasteiger partial charge in [0.25, 0.3) is 0 Å². The Morgan fingerprint density at radius 2 is 1.80 bits per heavy atom. The maximum Gasteiger partial charge on any atom is 0.242 e. The van der Waals surface area contributed by atoms with Crippen LogP contribution >= 0.6 is 27.5 Å². The average Bonchev–Trinajstić information content (AvgIpc) is 2.19. The van der Waals surface area contributed by atoms with Gasteiger partial charge in [-0.25, -0.2) is 13.1 Å². The molecule has 1 aromatic carbocycles. The molecule has 5 nitrogen and oxygen atoms in total. The van der Waals surface area contributed by atoms with Gasteiger partial charge in [0.15, 0.2) is 0 Å². The van der Waals surface area contributed by atoms with E-state index in [1.54, 1.807) is 13.8 Å². The van der Waals surface area contributed by atoms with Crippen LogP contribution in [-0.4, -0.2) is 24.7 Å². The Morgan fingerprint density at radius 3 is 2.25 bits per heavy atom. The van der Waals surface area contributed by atoms with Crippen LogP contribution in [0.5, 0.6) is 0 Å². The molecule has 114 valence electrons. The van der Waals surface area contributed by atoms with E-state index in [-0.39, 0.29) is 20.1 Å². The molecule has 0 heterocycles. The summed E-state index contributed by atoms with van der Waals surface area (Å²) < 4.78 is 27.6. The second-order valence-electron chi connectivity index (χ2n) is 5.60. The largest absolute Gasteiger partial charge is 0.398 e. The van der Waals surface area contributed by atoms with E-state index in [9.17, 15) is 13.5 Å². The van der Waals surface area contributed by atoms with Crippen molar-refractivity contribution >= 4 is 43.2 Å². The lowest BCUT2D eigenvalue weighted by molar-refractivity contribution is 0.00638.